The number of carbonyl (C=O) groups excluding carboxylic acids is 1. The molecule has 0 bridgehead atoms. The molecule has 0 N–H and O–H groups in total. The molecule has 2 heterocycles. The van der Waals surface area contributed by atoms with Gasteiger partial charge in [0.15, 0.2) is 11.5 Å². The lowest BCUT2D eigenvalue weighted by atomic mass is 10.1. The number of nitrogens with zero attached hydrogens (tertiary/aromatic N) is 3. The van der Waals surface area contributed by atoms with Crippen molar-refractivity contribution in [2.45, 2.75) is 13.8 Å². The molecule has 2 aliphatic heterocycles. The van der Waals surface area contributed by atoms with Gasteiger partial charge in [-0.2, -0.15) is 5.10 Å². The third kappa shape index (κ3) is 1.09. The minimum Gasteiger partial charge on any atom is -0.360 e. The Morgan fingerprint density at radius 2 is 2.31 bits per heavy atom. The molecule has 0 aromatic rings. The third-order valence-electron chi connectivity index (χ3n) is 1.80. The second-order valence-electron chi connectivity index (χ2n) is 2.75. The molecular weight excluding hydrogens is 170 g/mol. The fourth-order valence-corrected chi connectivity index (χ4v) is 1.24. The van der Waals surface area contributed by atoms with Crippen molar-refractivity contribution in [2.75, 3.05) is 0 Å². The summed E-state index contributed by atoms with van der Waals surface area (Å²) in [5.41, 5.74) is 1.48. The number of hydrogen-bond donors (Lipinski definition) is 0. The van der Waals surface area contributed by atoms with Gasteiger partial charge in [0.1, 0.15) is 11.5 Å². The molecule has 0 saturated heterocycles. The molecule has 0 aromatic heterocycles. The molecule has 0 aromatic carbocycles. The number of Topliss-reactive ketones (excluding diaryl/α,β-unsaturated/α-hetero) is 1. The Labute approximate surface area is 74.1 Å². The van der Waals surface area contributed by atoms with Crippen LogP contribution in [0.4, 0.5) is 0 Å². The van der Waals surface area contributed by atoms with Crippen LogP contribution in [0, 0.1) is 6.92 Å². The van der Waals surface area contributed by atoms with Crippen molar-refractivity contribution < 1.29 is 9.32 Å². The van der Waals surface area contributed by atoms with Crippen molar-refractivity contribution >= 4 is 5.78 Å². The van der Waals surface area contributed by atoms with Crippen LogP contribution in [0.15, 0.2) is 10.7 Å². The number of aryl methyl sites for hydroxylation is 1. The number of rotatable bonds is 1. The number of fused-ring (bicyclic) bond motifs is 1. The van der Waals surface area contributed by atoms with Crippen LogP contribution in [-0.2, 0) is 0 Å². The number of ketones is 1. The van der Waals surface area contributed by atoms with Crippen molar-refractivity contribution in [3.63, 3.8) is 0 Å². The summed E-state index contributed by atoms with van der Waals surface area (Å²) >= 11 is 0. The summed E-state index contributed by atoms with van der Waals surface area (Å²) < 4.78 is 4.94. The molecular formula is C8H7N3O2. The largest absolute Gasteiger partial charge is 0.360 e. The lowest BCUT2D eigenvalue weighted by Crippen LogP contribution is -2.02. The number of hydrogen-bond acceptors (Lipinski definition) is 5. The van der Waals surface area contributed by atoms with E-state index in [2.05, 4.69) is 15.4 Å². The van der Waals surface area contributed by atoms with Gasteiger partial charge in [-0.1, -0.05) is 5.16 Å². The van der Waals surface area contributed by atoms with Gasteiger partial charge in [-0.25, -0.2) is 0 Å². The first-order valence-electron chi connectivity index (χ1n) is 3.78. The van der Waals surface area contributed by atoms with Gasteiger partial charge in [0.05, 0.1) is 11.8 Å². The fraction of sp³-hybridized carbons (Fsp3) is 0.250. The number of carbonyl (C=O) groups is 1. The molecule has 5 nitrogen and oxygen atoms in total. The van der Waals surface area contributed by atoms with Crippen molar-refractivity contribution in [3.8, 4) is 11.4 Å². The highest BCUT2D eigenvalue weighted by molar-refractivity contribution is 6.00. The van der Waals surface area contributed by atoms with E-state index in [-0.39, 0.29) is 5.78 Å². The Bertz CT molecular complexity index is 435. The maximum Gasteiger partial charge on any atom is 0.165 e. The van der Waals surface area contributed by atoms with Gasteiger partial charge in [0, 0.05) is 0 Å². The molecule has 0 spiro atoms. The van der Waals surface area contributed by atoms with Gasteiger partial charge in [-0.15, -0.1) is 5.10 Å². The highest BCUT2D eigenvalue weighted by atomic mass is 16.5. The number of aromatic nitrogens is 3. The Morgan fingerprint density at radius 3 is 3.00 bits per heavy atom. The van der Waals surface area contributed by atoms with Crippen LogP contribution >= 0.6 is 0 Å². The average Bonchev–Trinajstić information content (AvgIpc) is 2.50. The van der Waals surface area contributed by atoms with Gasteiger partial charge in [-0.3, -0.25) is 4.79 Å². The molecule has 0 saturated carbocycles. The predicted octanol–water partition coefficient (Wildman–Crippen LogP) is 1.08. The van der Waals surface area contributed by atoms with E-state index in [9.17, 15) is 4.79 Å². The first kappa shape index (κ1) is 7.85. The predicted molar refractivity (Wildman–Crippen MR) is 43.5 cm³/mol. The van der Waals surface area contributed by atoms with E-state index in [0.717, 1.165) is 0 Å². The van der Waals surface area contributed by atoms with Crippen LogP contribution in [0.5, 0.6) is 0 Å². The summed E-state index contributed by atoms with van der Waals surface area (Å²) in [7, 11) is 0. The zero-order valence-electron chi connectivity index (χ0n) is 7.24. The van der Waals surface area contributed by atoms with E-state index in [0.29, 0.717) is 22.7 Å². The van der Waals surface area contributed by atoms with Gasteiger partial charge in [0.25, 0.3) is 0 Å². The maximum absolute atomic E-state index is 11.2. The summed E-state index contributed by atoms with van der Waals surface area (Å²) in [6.07, 6.45) is 1.46. The molecule has 0 radical (unpaired) electrons. The normalized spacial score (nSPS) is 10.6. The van der Waals surface area contributed by atoms with Crippen LogP contribution in [0.25, 0.3) is 11.4 Å². The van der Waals surface area contributed by atoms with Gasteiger partial charge < -0.3 is 4.52 Å². The molecule has 2 rings (SSSR count). The van der Waals surface area contributed by atoms with Crippen LogP contribution < -0.4 is 0 Å². The molecule has 2 aliphatic rings. The van der Waals surface area contributed by atoms with Crippen molar-refractivity contribution in [2.24, 2.45) is 0 Å². The zero-order valence-corrected chi connectivity index (χ0v) is 7.24. The highest BCUT2D eigenvalue weighted by Gasteiger charge is 2.20. The molecule has 66 valence electrons. The highest BCUT2D eigenvalue weighted by Crippen LogP contribution is 2.23. The second-order valence-corrected chi connectivity index (χ2v) is 2.75. The van der Waals surface area contributed by atoms with Gasteiger partial charge in [-0.05, 0) is 13.8 Å². The minimum absolute atomic E-state index is 0.0887. The molecule has 0 unspecified atom stereocenters. The van der Waals surface area contributed by atoms with Gasteiger partial charge >= 0.3 is 0 Å². The first-order chi connectivity index (χ1) is 6.20. The molecule has 5 heteroatoms. The summed E-state index contributed by atoms with van der Waals surface area (Å²) in [6, 6.07) is 0. The van der Waals surface area contributed by atoms with Crippen molar-refractivity contribution in [1.29, 1.82) is 0 Å². The SMILES string of the molecule is CC(=O)c1c2nncc-2noc1C. The summed E-state index contributed by atoms with van der Waals surface area (Å²) in [4.78, 5) is 11.2. The molecule has 0 atom stereocenters. The Balaban J connectivity index is 2.79. The molecule has 0 amide bonds. The Morgan fingerprint density at radius 1 is 1.54 bits per heavy atom. The second kappa shape index (κ2) is 2.62. The van der Waals surface area contributed by atoms with Crippen LogP contribution in [0.3, 0.4) is 0 Å². The molecule has 13 heavy (non-hydrogen) atoms. The average molecular weight is 177 g/mol. The minimum atomic E-state index is -0.0887. The van der Waals surface area contributed by atoms with Crippen LogP contribution in [0.1, 0.15) is 23.0 Å². The van der Waals surface area contributed by atoms with Crippen LogP contribution in [-0.4, -0.2) is 21.1 Å². The Hall–Kier alpha value is -1.78. The standard InChI is InChI=1S/C8H7N3O2/c1-4(12)7-5(2)13-11-6-3-9-10-8(6)7/h3H,1-2H3. The monoisotopic (exact) mass is 177 g/mol. The smallest absolute Gasteiger partial charge is 0.165 e. The lowest BCUT2D eigenvalue weighted by molar-refractivity contribution is 0.101. The van der Waals surface area contributed by atoms with E-state index in [4.69, 9.17) is 4.52 Å². The lowest BCUT2D eigenvalue weighted by Gasteiger charge is -2.02. The summed E-state index contributed by atoms with van der Waals surface area (Å²) in [5, 5.41) is 11.2. The van der Waals surface area contributed by atoms with E-state index in [1.165, 1.54) is 13.1 Å². The molecule has 0 aliphatic carbocycles. The van der Waals surface area contributed by atoms with Crippen molar-refractivity contribution in [3.05, 3.63) is 17.5 Å². The fourth-order valence-electron chi connectivity index (χ4n) is 1.24. The third-order valence-corrected chi connectivity index (χ3v) is 1.80. The molecule has 0 fully saturated rings. The van der Waals surface area contributed by atoms with E-state index in [1.807, 2.05) is 0 Å². The van der Waals surface area contributed by atoms with Crippen molar-refractivity contribution in [1.82, 2.24) is 15.4 Å². The van der Waals surface area contributed by atoms with E-state index in [1.54, 1.807) is 6.92 Å². The van der Waals surface area contributed by atoms with E-state index < -0.39 is 0 Å². The topological polar surface area (TPSA) is 68.9 Å². The van der Waals surface area contributed by atoms with Crippen LogP contribution in [0.2, 0.25) is 0 Å². The van der Waals surface area contributed by atoms with Gasteiger partial charge in [0.2, 0.25) is 0 Å². The zero-order chi connectivity index (χ0) is 9.42. The quantitative estimate of drug-likeness (QED) is 0.609. The summed E-state index contributed by atoms with van der Waals surface area (Å²) in [5.74, 6) is 0.384. The summed E-state index contributed by atoms with van der Waals surface area (Å²) in [6.45, 7) is 3.14. The first-order valence-corrected chi connectivity index (χ1v) is 3.78. The maximum atomic E-state index is 11.2. The van der Waals surface area contributed by atoms with E-state index >= 15 is 0 Å². The Kier molecular flexibility index (Phi) is 1.58.